The Hall–Kier alpha value is -2.14. The highest BCUT2D eigenvalue weighted by Crippen LogP contribution is 2.71. The lowest BCUT2D eigenvalue weighted by molar-refractivity contribution is -0.198. The minimum Gasteiger partial charge on any atom is -0.497 e. The Bertz CT molecular complexity index is 1260. The van der Waals surface area contributed by atoms with Crippen LogP contribution in [0.2, 0.25) is 0 Å². The number of methoxy groups -OCH3 is 2. The number of rotatable bonds is 5. The minimum absolute atomic E-state index is 0.0281. The van der Waals surface area contributed by atoms with Gasteiger partial charge in [0, 0.05) is 5.92 Å². The van der Waals surface area contributed by atoms with Crippen molar-refractivity contribution in [2.45, 2.75) is 105 Å². The molecule has 0 spiro atoms. The Balaban J connectivity index is 1.26. The molecule has 4 fully saturated rings. The van der Waals surface area contributed by atoms with Gasteiger partial charge in [-0.3, -0.25) is 9.59 Å². The van der Waals surface area contributed by atoms with E-state index in [4.69, 9.17) is 14.2 Å². The standard InChI is InChI=1S/C37H52O5/c1-34(2)30-13-17-36(4)27-12-16-35(3)15-11-24(33(39)41-7)20-28(35)26(27)21-29(38)32(36)37(30,5)18-14-31(34)42-22-23-9-8-10-25(19-23)40-6/h8-10,19,21,24,27-28,30-32H,11-18,20,22H2,1-7H3. The molecule has 1 aromatic carbocycles. The maximum atomic E-state index is 14.5. The maximum Gasteiger partial charge on any atom is 0.308 e. The molecule has 6 rings (SSSR count). The topological polar surface area (TPSA) is 61.8 Å². The van der Waals surface area contributed by atoms with Crippen LogP contribution in [0, 0.1) is 51.2 Å². The molecule has 9 atom stereocenters. The molecular formula is C37H52O5. The van der Waals surface area contributed by atoms with E-state index in [1.807, 2.05) is 12.1 Å². The summed E-state index contributed by atoms with van der Waals surface area (Å²) in [5.74, 6) is 2.29. The summed E-state index contributed by atoms with van der Waals surface area (Å²) in [6.07, 6.45) is 11.6. The van der Waals surface area contributed by atoms with Crippen LogP contribution in [0.3, 0.4) is 0 Å². The Morgan fingerprint density at radius 2 is 1.64 bits per heavy atom. The van der Waals surface area contributed by atoms with Crippen LogP contribution in [0.15, 0.2) is 35.9 Å². The van der Waals surface area contributed by atoms with E-state index >= 15 is 0 Å². The third-order valence-electron chi connectivity index (χ3n) is 13.5. The van der Waals surface area contributed by atoms with Crippen molar-refractivity contribution < 1.29 is 23.8 Å². The van der Waals surface area contributed by atoms with Crippen LogP contribution in [0.4, 0.5) is 0 Å². The summed E-state index contributed by atoms with van der Waals surface area (Å²) in [6, 6.07) is 8.16. The summed E-state index contributed by atoms with van der Waals surface area (Å²) in [5.41, 5.74) is 2.58. The number of carbonyl (C=O) groups is 2. The van der Waals surface area contributed by atoms with E-state index in [1.54, 1.807) is 7.11 Å². The summed E-state index contributed by atoms with van der Waals surface area (Å²) in [5, 5.41) is 0. The molecule has 4 saturated carbocycles. The minimum atomic E-state index is -0.0772. The quantitative estimate of drug-likeness (QED) is 0.333. The van der Waals surface area contributed by atoms with E-state index in [0.29, 0.717) is 30.1 Å². The van der Waals surface area contributed by atoms with Crippen molar-refractivity contribution in [3.63, 3.8) is 0 Å². The van der Waals surface area contributed by atoms with Gasteiger partial charge in [0.2, 0.25) is 0 Å². The summed E-state index contributed by atoms with van der Waals surface area (Å²) in [7, 11) is 3.21. The van der Waals surface area contributed by atoms with Crippen molar-refractivity contribution in [1.82, 2.24) is 0 Å². The molecule has 230 valence electrons. The summed E-state index contributed by atoms with van der Waals surface area (Å²) in [4.78, 5) is 27.0. The summed E-state index contributed by atoms with van der Waals surface area (Å²) >= 11 is 0. The van der Waals surface area contributed by atoms with Gasteiger partial charge in [-0.2, -0.15) is 0 Å². The molecule has 0 N–H and O–H groups in total. The molecular weight excluding hydrogens is 524 g/mol. The number of carbonyl (C=O) groups excluding carboxylic acids is 2. The number of ether oxygens (including phenoxy) is 3. The van der Waals surface area contributed by atoms with Gasteiger partial charge < -0.3 is 14.2 Å². The van der Waals surface area contributed by atoms with Crippen molar-refractivity contribution in [2.75, 3.05) is 14.2 Å². The van der Waals surface area contributed by atoms with Gasteiger partial charge in [0.15, 0.2) is 5.78 Å². The number of hydrogen-bond donors (Lipinski definition) is 0. The van der Waals surface area contributed by atoms with Crippen LogP contribution in [0.25, 0.3) is 0 Å². The van der Waals surface area contributed by atoms with Gasteiger partial charge in [-0.15, -0.1) is 0 Å². The Morgan fingerprint density at radius 1 is 0.905 bits per heavy atom. The highest BCUT2D eigenvalue weighted by Gasteiger charge is 2.66. The SMILES string of the molecule is COC(=O)C1CCC2(C)CCC3C(=CC(=O)C4C3(C)CCC3C(C)(C)C(OCc5cccc(OC)c5)CCC34C)C2C1. The zero-order valence-corrected chi connectivity index (χ0v) is 27.0. The van der Waals surface area contributed by atoms with Crippen molar-refractivity contribution >= 4 is 11.8 Å². The second-order valence-corrected chi connectivity index (χ2v) is 15.9. The molecule has 5 aliphatic carbocycles. The zero-order chi connectivity index (χ0) is 30.1. The number of hydrogen-bond acceptors (Lipinski definition) is 5. The predicted octanol–water partition coefficient (Wildman–Crippen LogP) is 7.95. The van der Waals surface area contributed by atoms with Crippen molar-refractivity contribution in [2.24, 2.45) is 51.2 Å². The first-order valence-corrected chi connectivity index (χ1v) is 16.4. The molecule has 0 aromatic heterocycles. The van der Waals surface area contributed by atoms with E-state index in [2.05, 4.69) is 52.8 Å². The van der Waals surface area contributed by atoms with E-state index in [0.717, 1.165) is 56.3 Å². The lowest BCUT2D eigenvalue weighted by Crippen LogP contribution is -2.64. The average molecular weight is 577 g/mol. The van der Waals surface area contributed by atoms with Gasteiger partial charge in [0.1, 0.15) is 5.75 Å². The molecule has 0 heterocycles. The largest absolute Gasteiger partial charge is 0.497 e. The maximum absolute atomic E-state index is 14.5. The molecule has 0 amide bonds. The lowest BCUT2D eigenvalue weighted by Gasteiger charge is -2.67. The highest BCUT2D eigenvalue weighted by atomic mass is 16.5. The van der Waals surface area contributed by atoms with Crippen LogP contribution in [0.5, 0.6) is 5.75 Å². The second kappa shape index (κ2) is 10.5. The fourth-order valence-electron chi connectivity index (χ4n) is 11.4. The number of esters is 1. The molecule has 9 unspecified atom stereocenters. The van der Waals surface area contributed by atoms with Crippen molar-refractivity contribution in [3.05, 3.63) is 41.5 Å². The molecule has 5 aliphatic rings. The monoisotopic (exact) mass is 576 g/mol. The summed E-state index contributed by atoms with van der Waals surface area (Å²) < 4.78 is 17.3. The van der Waals surface area contributed by atoms with Crippen LogP contribution < -0.4 is 4.74 Å². The molecule has 0 aliphatic heterocycles. The van der Waals surface area contributed by atoms with Crippen LogP contribution in [-0.2, 0) is 25.7 Å². The Labute approximate surface area is 253 Å². The number of fused-ring (bicyclic) bond motifs is 7. The van der Waals surface area contributed by atoms with Gasteiger partial charge in [-0.1, -0.05) is 52.3 Å². The first-order valence-electron chi connectivity index (χ1n) is 16.4. The van der Waals surface area contributed by atoms with Crippen LogP contribution >= 0.6 is 0 Å². The lowest BCUT2D eigenvalue weighted by atomic mass is 9.37. The van der Waals surface area contributed by atoms with Crippen LogP contribution in [-0.4, -0.2) is 32.1 Å². The van der Waals surface area contributed by atoms with Gasteiger partial charge >= 0.3 is 5.97 Å². The van der Waals surface area contributed by atoms with Crippen LogP contribution in [0.1, 0.15) is 98.0 Å². The van der Waals surface area contributed by atoms with E-state index in [1.165, 1.54) is 25.5 Å². The molecule has 42 heavy (non-hydrogen) atoms. The first kappa shape index (κ1) is 29.9. The smallest absolute Gasteiger partial charge is 0.308 e. The van der Waals surface area contributed by atoms with E-state index < -0.39 is 0 Å². The van der Waals surface area contributed by atoms with E-state index in [9.17, 15) is 9.59 Å². The van der Waals surface area contributed by atoms with Gasteiger partial charge in [0.25, 0.3) is 0 Å². The summed E-state index contributed by atoms with van der Waals surface area (Å²) in [6.45, 7) is 12.7. The molecule has 0 saturated heterocycles. The molecule has 1 aromatic rings. The Morgan fingerprint density at radius 3 is 2.38 bits per heavy atom. The first-order chi connectivity index (χ1) is 19.9. The molecule has 0 radical (unpaired) electrons. The van der Waals surface area contributed by atoms with Gasteiger partial charge in [-0.25, -0.2) is 0 Å². The zero-order valence-electron chi connectivity index (χ0n) is 27.0. The fourth-order valence-corrected chi connectivity index (χ4v) is 11.4. The van der Waals surface area contributed by atoms with Gasteiger partial charge in [0.05, 0.1) is 32.8 Å². The third-order valence-corrected chi connectivity index (χ3v) is 13.5. The molecule has 5 heteroatoms. The second-order valence-electron chi connectivity index (χ2n) is 15.9. The number of benzene rings is 1. The Kier molecular flexibility index (Phi) is 7.47. The molecule has 5 nitrogen and oxygen atoms in total. The average Bonchev–Trinajstić information content (AvgIpc) is 2.95. The highest BCUT2D eigenvalue weighted by molar-refractivity contribution is 5.95. The number of ketones is 1. The van der Waals surface area contributed by atoms with Crippen molar-refractivity contribution in [1.29, 1.82) is 0 Å². The third kappa shape index (κ3) is 4.50. The normalized spacial score (nSPS) is 42.3. The fraction of sp³-hybridized carbons (Fsp3) is 0.730. The number of allylic oxidation sites excluding steroid dienone is 2. The van der Waals surface area contributed by atoms with Gasteiger partial charge in [-0.05, 0) is 121 Å². The predicted molar refractivity (Wildman–Crippen MR) is 164 cm³/mol. The molecule has 0 bridgehead atoms. The van der Waals surface area contributed by atoms with E-state index in [-0.39, 0.29) is 45.6 Å². The van der Waals surface area contributed by atoms with Crippen molar-refractivity contribution in [3.8, 4) is 5.75 Å².